The maximum atomic E-state index is 14.1. The number of hydrogen-bond donors (Lipinski definition) is 1. The lowest BCUT2D eigenvalue weighted by molar-refractivity contribution is 0.192. The number of hydrogen-bond acceptors (Lipinski definition) is 4. The van der Waals surface area contributed by atoms with Crippen LogP contribution >= 0.6 is 0 Å². The molecule has 0 saturated carbocycles. The fraction of sp³-hybridized carbons (Fsp3) is 0.381. The van der Waals surface area contributed by atoms with Crippen molar-refractivity contribution in [2.24, 2.45) is 0 Å². The Hall–Kier alpha value is -2.61. The quantitative estimate of drug-likeness (QED) is 0.747. The third-order valence-electron chi connectivity index (χ3n) is 5.00. The lowest BCUT2D eigenvalue weighted by Crippen LogP contribution is -2.45. The van der Waals surface area contributed by atoms with Gasteiger partial charge in [0, 0.05) is 18.2 Å². The predicted octanol–water partition coefficient (Wildman–Crippen LogP) is 2.78. The molecule has 0 aromatic heterocycles. The van der Waals surface area contributed by atoms with Crippen molar-refractivity contribution in [2.75, 3.05) is 25.2 Å². The van der Waals surface area contributed by atoms with Gasteiger partial charge in [-0.2, -0.15) is 0 Å². The van der Waals surface area contributed by atoms with Gasteiger partial charge in [-0.3, -0.25) is 0 Å². The van der Waals surface area contributed by atoms with Gasteiger partial charge in [0.2, 0.25) is 0 Å². The highest BCUT2D eigenvalue weighted by Gasteiger charge is 2.30. The molecular weight excluding hydrogens is 395 g/mol. The van der Waals surface area contributed by atoms with Gasteiger partial charge in [0.15, 0.2) is 9.84 Å². The lowest BCUT2D eigenvalue weighted by Gasteiger charge is -2.25. The molecule has 29 heavy (non-hydrogen) atoms. The van der Waals surface area contributed by atoms with Crippen LogP contribution in [0.25, 0.3) is 0 Å². The molecule has 1 N–H and O–H groups in total. The number of amides is 2. The van der Waals surface area contributed by atoms with E-state index in [-0.39, 0.29) is 29.9 Å². The first-order chi connectivity index (χ1) is 13.9. The molecule has 1 saturated heterocycles. The Morgan fingerprint density at radius 3 is 2.55 bits per heavy atom. The average molecular weight is 421 g/mol. The zero-order chi connectivity index (χ0) is 20.9. The first-order valence-electron chi connectivity index (χ1n) is 9.48. The SMILES string of the molecule is COc1ccc(CCN(Cc2ccccc2F)C(=O)NC2CCS(=O)(=O)C2)cc1. The number of benzene rings is 2. The van der Waals surface area contributed by atoms with Crippen molar-refractivity contribution in [3.8, 4) is 5.75 Å². The van der Waals surface area contributed by atoms with E-state index in [1.54, 1.807) is 25.3 Å². The van der Waals surface area contributed by atoms with Gasteiger partial charge in [0.05, 0.1) is 25.2 Å². The van der Waals surface area contributed by atoms with Crippen LogP contribution in [-0.2, 0) is 22.8 Å². The van der Waals surface area contributed by atoms with Crippen LogP contribution in [0.1, 0.15) is 17.5 Å². The lowest BCUT2D eigenvalue weighted by atomic mass is 10.1. The van der Waals surface area contributed by atoms with Crippen molar-refractivity contribution in [2.45, 2.75) is 25.4 Å². The summed E-state index contributed by atoms with van der Waals surface area (Å²) in [5, 5.41) is 2.79. The molecule has 1 atom stereocenters. The highest BCUT2D eigenvalue weighted by Crippen LogP contribution is 2.16. The number of halogens is 1. The third kappa shape index (κ3) is 5.93. The molecule has 0 aliphatic carbocycles. The monoisotopic (exact) mass is 420 g/mol. The van der Waals surface area contributed by atoms with E-state index in [1.165, 1.54) is 11.0 Å². The maximum Gasteiger partial charge on any atom is 0.317 e. The van der Waals surface area contributed by atoms with E-state index in [1.807, 2.05) is 24.3 Å². The molecular formula is C21H25FN2O4S. The Bertz CT molecular complexity index is 947. The number of urea groups is 1. The summed E-state index contributed by atoms with van der Waals surface area (Å²) < 4.78 is 42.6. The van der Waals surface area contributed by atoms with E-state index >= 15 is 0 Å². The van der Waals surface area contributed by atoms with Gasteiger partial charge in [-0.25, -0.2) is 17.6 Å². The van der Waals surface area contributed by atoms with Crippen LogP contribution in [0.3, 0.4) is 0 Å². The summed E-state index contributed by atoms with van der Waals surface area (Å²) in [6, 6.07) is 13.1. The van der Waals surface area contributed by atoms with Crippen LogP contribution in [0.15, 0.2) is 48.5 Å². The first-order valence-corrected chi connectivity index (χ1v) is 11.3. The number of nitrogens with zero attached hydrogens (tertiary/aromatic N) is 1. The Morgan fingerprint density at radius 2 is 1.93 bits per heavy atom. The van der Waals surface area contributed by atoms with E-state index in [0.29, 0.717) is 24.9 Å². The summed E-state index contributed by atoms with van der Waals surface area (Å²) >= 11 is 0. The van der Waals surface area contributed by atoms with Crippen LogP contribution in [0.5, 0.6) is 5.75 Å². The molecule has 0 bridgehead atoms. The number of carbonyl (C=O) groups excluding carboxylic acids is 1. The highest BCUT2D eigenvalue weighted by molar-refractivity contribution is 7.91. The normalized spacial score (nSPS) is 17.7. The summed E-state index contributed by atoms with van der Waals surface area (Å²) in [5.74, 6) is 0.400. The smallest absolute Gasteiger partial charge is 0.317 e. The van der Waals surface area contributed by atoms with Gasteiger partial charge in [-0.1, -0.05) is 30.3 Å². The molecule has 3 rings (SSSR count). The number of carbonyl (C=O) groups is 1. The molecule has 1 aliphatic heterocycles. The minimum absolute atomic E-state index is 0.0508. The molecule has 2 aromatic carbocycles. The summed E-state index contributed by atoms with van der Waals surface area (Å²) in [6.45, 7) is 0.472. The van der Waals surface area contributed by atoms with Crippen LogP contribution in [0.4, 0.5) is 9.18 Å². The maximum absolute atomic E-state index is 14.1. The number of ether oxygens (including phenoxy) is 1. The number of rotatable bonds is 7. The van der Waals surface area contributed by atoms with Crippen LogP contribution < -0.4 is 10.1 Å². The van der Waals surface area contributed by atoms with Gasteiger partial charge in [-0.15, -0.1) is 0 Å². The van der Waals surface area contributed by atoms with Crippen molar-refractivity contribution >= 4 is 15.9 Å². The first kappa shape index (κ1) is 21.1. The molecule has 1 heterocycles. The zero-order valence-corrected chi connectivity index (χ0v) is 17.1. The molecule has 1 aliphatic rings. The Balaban J connectivity index is 1.69. The zero-order valence-electron chi connectivity index (χ0n) is 16.3. The van der Waals surface area contributed by atoms with Crippen molar-refractivity contribution in [1.29, 1.82) is 0 Å². The molecule has 2 amide bonds. The van der Waals surface area contributed by atoms with E-state index in [9.17, 15) is 17.6 Å². The molecule has 1 fully saturated rings. The van der Waals surface area contributed by atoms with Crippen molar-refractivity contribution in [3.63, 3.8) is 0 Å². The van der Waals surface area contributed by atoms with E-state index in [4.69, 9.17) is 4.74 Å². The highest BCUT2D eigenvalue weighted by atomic mass is 32.2. The second-order valence-corrected chi connectivity index (χ2v) is 9.39. The number of methoxy groups -OCH3 is 1. The van der Waals surface area contributed by atoms with Crippen molar-refractivity contribution in [1.82, 2.24) is 10.2 Å². The minimum atomic E-state index is -3.10. The van der Waals surface area contributed by atoms with Gasteiger partial charge >= 0.3 is 6.03 Å². The van der Waals surface area contributed by atoms with E-state index in [2.05, 4.69) is 5.32 Å². The molecule has 0 radical (unpaired) electrons. The number of nitrogens with one attached hydrogen (secondary N) is 1. The molecule has 2 aromatic rings. The standard InChI is InChI=1S/C21H25FN2O4S/c1-28-19-8-6-16(7-9-19)10-12-24(14-17-4-2-3-5-20(17)22)21(25)23-18-11-13-29(26,27)15-18/h2-9,18H,10-15H2,1H3,(H,23,25). The number of sulfone groups is 1. The minimum Gasteiger partial charge on any atom is -0.497 e. The van der Waals surface area contributed by atoms with Gasteiger partial charge in [0.25, 0.3) is 0 Å². The van der Waals surface area contributed by atoms with Gasteiger partial charge in [0.1, 0.15) is 11.6 Å². The molecule has 156 valence electrons. The molecule has 6 nitrogen and oxygen atoms in total. The Morgan fingerprint density at radius 1 is 1.21 bits per heavy atom. The summed E-state index contributed by atoms with van der Waals surface area (Å²) in [4.78, 5) is 14.3. The summed E-state index contributed by atoms with van der Waals surface area (Å²) in [6.07, 6.45) is 0.981. The van der Waals surface area contributed by atoms with Crippen molar-refractivity contribution in [3.05, 3.63) is 65.5 Å². The van der Waals surface area contributed by atoms with E-state index < -0.39 is 15.9 Å². The Labute approximate surface area is 170 Å². The fourth-order valence-electron chi connectivity index (χ4n) is 3.32. The van der Waals surface area contributed by atoms with Gasteiger partial charge < -0.3 is 15.0 Å². The second kappa shape index (κ2) is 9.26. The average Bonchev–Trinajstić information content (AvgIpc) is 3.05. The summed E-state index contributed by atoms with van der Waals surface area (Å²) in [7, 11) is -1.50. The topological polar surface area (TPSA) is 75.7 Å². The summed E-state index contributed by atoms with van der Waals surface area (Å²) in [5.41, 5.74) is 1.43. The second-order valence-electron chi connectivity index (χ2n) is 7.16. The van der Waals surface area contributed by atoms with Crippen LogP contribution in [0.2, 0.25) is 0 Å². The molecule has 8 heteroatoms. The fourth-order valence-corrected chi connectivity index (χ4v) is 4.99. The van der Waals surface area contributed by atoms with E-state index in [0.717, 1.165) is 11.3 Å². The largest absolute Gasteiger partial charge is 0.497 e. The molecule has 1 unspecified atom stereocenters. The van der Waals surface area contributed by atoms with Crippen molar-refractivity contribution < 1.29 is 22.3 Å². The Kier molecular flexibility index (Phi) is 6.74. The van der Waals surface area contributed by atoms with Crippen LogP contribution in [-0.4, -0.2) is 50.6 Å². The predicted molar refractivity (Wildman–Crippen MR) is 109 cm³/mol. The van der Waals surface area contributed by atoms with Crippen LogP contribution in [0, 0.1) is 5.82 Å². The third-order valence-corrected chi connectivity index (χ3v) is 6.76. The molecule has 0 spiro atoms. The van der Waals surface area contributed by atoms with Gasteiger partial charge in [-0.05, 0) is 36.6 Å².